The SMILES string of the molecule is CCNC(=NCCCOc1ccccc1C)NC1CCC(=O)NC1. The molecule has 132 valence electrons. The average Bonchev–Trinajstić information content (AvgIpc) is 2.58. The number of aryl methyl sites for hydroxylation is 1. The van der Waals surface area contributed by atoms with Crippen molar-refractivity contribution < 1.29 is 9.53 Å². The first kappa shape index (κ1) is 18.1. The number of nitrogens with zero attached hydrogens (tertiary/aromatic N) is 1. The van der Waals surface area contributed by atoms with E-state index in [2.05, 4.69) is 20.9 Å². The number of ether oxygens (including phenoxy) is 1. The third kappa shape index (κ3) is 6.10. The van der Waals surface area contributed by atoms with Gasteiger partial charge in [0.2, 0.25) is 5.91 Å². The number of amides is 1. The number of nitrogens with one attached hydrogen (secondary N) is 3. The molecule has 1 aliphatic heterocycles. The van der Waals surface area contributed by atoms with Crippen LogP contribution in [0, 0.1) is 6.92 Å². The minimum absolute atomic E-state index is 0.128. The largest absolute Gasteiger partial charge is 0.493 e. The first-order valence-electron chi connectivity index (χ1n) is 8.69. The Kier molecular flexibility index (Phi) is 7.39. The number of hydrogen-bond donors (Lipinski definition) is 3. The van der Waals surface area contributed by atoms with Gasteiger partial charge in [0, 0.05) is 38.5 Å². The molecule has 6 heteroatoms. The zero-order valence-electron chi connectivity index (χ0n) is 14.6. The molecule has 1 atom stereocenters. The summed E-state index contributed by atoms with van der Waals surface area (Å²) in [5.41, 5.74) is 1.15. The molecule has 0 spiro atoms. The van der Waals surface area contributed by atoms with Gasteiger partial charge < -0.3 is 20.7 Å². The summed E-state index contributed by atoms with van der Waals surface area (Å²) < 4.78 is 5.78. The van der Waals surface area contributed by atoms with Crippen molar-refractivity contribution in [2.45, 2.75) is 39.2 Å². The summed E-state index contributed by atoms with van der Waals surface area (Å²) in [5, 5.41) is 9.50. The third-order valence-electron chi connectivity index (χ3n) is 3.87. The lowest BCUT2D eigenvalue weighted by molar-refractivity contribution is -0.122. The Morgan fingerprint density at radius 3 is 2.96 bits per heavy atom. The molecular formula is C18H28N4O2. The molecule has 1 saturated heterocycles. The van der Waals surface area contributed by atoms with E-state index in [4.69, 9.17) is 4.74 Å². The first-order chi connectivity index (χ1) is 11.7. The van der Waals surface area contributed by atoms with Gasteiger partial charge >= 0.3 is 0 Å². The number of guanidine groups is 1. The Morgan fingerprint density at radius 2 is 2.25 bits per heavy atom. The van der Waals surface area contributed by atoms with Gasteiger partial charge in [-0.15, -0.1) is 0 Å². The van der Waals surface area contributed by atoms with Gasteiger partial charge in [-0.25, -0.2) is 0 Å². The second-order valence-corrected chi connectivity index (χ2v) is 5.91. The second-order valence-electron chi connectivity index (χ2n) is 5.91. The number of para-hydroxylation sites is 1. The van der Waals surface area contributed by atoms with Crippen molar-refractivity contribution in [3.63, 3.8) is 0 Å². The van der Waals surface area contributed by atoms with E-state index in [0.717, 1.165) is 36.7 Å². The number of hydrogen-bond acceptors (Lipinski definition) is 3. The highest BCUT2D eigenvalue weighted by atomic mass is 16.5. The molecule has 0 radical (unpaired) electrons. The fraction of sp³-hybridized carbons (Fsp3) is 0.556. The summed E-state index contributed by atoms with van der Waals surface area (Å²) in [4.78, 5) is 15.8. The Morgan fingerprint density at radius 1 is 1.42 bits per heavy atom. The van der Waals surface area contributed by atoms with E-state index in [1.807, 2.05) is 38.1 Å². The predicted molar refractivity (Wildman–Crippen MR) is 96.4 cm³/mol. The molecule has 1 aromatic rings. The zero-order chi connectivity index (χ0) is 17.2. The summed E-state index contributed by atoms with van der Waals surface area (Å²) in [6.45, 7) is 6.89. The fourth-order valence-electron chi connectivity index (χ4n) is 2.53. The molecular weight excluding hydrogens is 304 g/mol. The van der Waals surface area contributed by atoms with Crippen molar-refractivity contribution in [2.75, 3.05) is 26.2 Å². The Hall–Kier alpha value is -2.24. The molecule has 1 fully saturated rings. The molecule has 0 aliphatic carbocycles. The Balaban J connectivity index is 1.72. The summed E-state index contributed by atoms with van der Waals surface area (Å²) in [7, 11) is 0. The third-order valence-corrected chi connectivity index (χ3v) is 3.87. The Labute approximate surface area is 144 Å². The number of benzene rings is 1. The van der Waals surface area contributed by atoms with E-state index in [-0.39, 0.29) is 11.9 Å². The lowest BCUT2D eigenvalue weighted by Crippen LogP contribution is -2.51. The predicted octanol–water partition coefficient (Wildman–Crippen LogP) is 1.60. The van der Waals surface area contributed by atoms with Gasteiger partial charge in [0.25, 0.3) is 0 Å². The van der Waals surface area contributed by atoms with Gasteiger partial charge in [0.15, 0.2) is 5.96 Å². The van der Waals surface area contributed by atoms with Crippen molar-refractivity contribution >= 4 is 11.9 Å². The number of carbonyl (C=O) groups excluding carboxylic acids is 1. The van der Waals surface area contributed by atoms with Crippen molar-refractivity contribution in [3.05, 3.63) is 29.8 Å². The molecule has 2 rings (SSSR count). The second kappa shape index (κ2) is 9.80. The number of rotatable bonds is 7. The number of aliphatic imine (C=N–C) groups is 1. The summed E-state index contributed by atoms with van der Waals surface area (Å²) in [6.07, 6.45) is 2.26. The minimum atomic E-state index is 0.128. The molecule has 1 aromatic carbocycles. The van der Waals surface area contributed by atoms with E-state index in [1.165, 1.54) is 0 Å². The highest BCUT2D eigenvalue weighted by Crippen LogP contribution is 2.16. The molecule has 0 aromatic heterocycles. The van der Waals surface area contributed by atoms with Crippen LogP contribution in [0.1, 0.15) is 31.7 Å². The topological polar surface area (TPSA) is 74.8 Å². The van der Waals surface area contributed by atoms with Gasteiger partial charge in [-0.1, -0.05) is 18.2 Å². The standard InChI is InChI=1S/C18H28N4O2/c1-3-19-18(22-15-9-10-17(23)21-13-15)20-11-6-12-24-16-8-5-4-7-14(16)2/h4-5,7-8,15H,3,6,9-13H2,1-2H3,(H,21,23)(H2,19,20,22). The van der Waals surface area contributed by atoms with Crippen LogP contribution in [0.4, 0.5) is 0 Å². The molecule has 6 nitrogen and oxygen atoms in total. The number of piperidine rings is 1. The zero-order valence-corrected chi connectivity index (χ0v) is 14.6. The molecule has 3 N–H and O–H groups in total. The van der Waals surface area contributed by atoms with Crippen LogP contribution in [-0.4, -0.2) is 44.1 Å². The maximum absolute atomic E-state index is 11.2. The van der Waals surface area contributed by atoms with E-state index >= 15 is 0 Å². The van der Waals surface area contributed by atoms with E-state index < -0.39 is 0 Å². The van der Waals surface area contributed by atoms with Gasteiger partial charge in [0.05, 0.1) is 6.61 Å². The molecule has 1 aliphatic rings. The van der Waals surface area contributed by atoms with Crippen LogP contribution in [0.2, 0.25) is 0 Å². The summed E-state index contributed by atoms with van der Waals surface area (Å²) in [6, 6.07) is 8.26. The van der Waals surface area contributed by atoms with Crippen LogP contribution < -0.4 is 20.7 Å². The molecule has 0 bridgehead atoms. The summed E-state index contributed by atoms with van der Waals surface area (Å²) in [5.74, 6) is 1.86. The van der Waals surface area contributed by atoms with Crippen molar-refractivity contribution in [1.29, 1.82) is 0 Å². The van der Waals surface area contributed by atoms with Crippen LogP contribution in [-0.2, 0) is 4.79 Å². The van der Waals surface area contributed by atoms with E-state index in [9.17, 15) is 4.79 Å². The van der Waals surface area contributed by atoms with Crippen molar-refractivity contribution in [3.8, 4) is 5.75 Å². The summed E-state index contributed by atoms with van der Waals surface area (Å²) >= 11 is 0. The van der Waals surface area contributed by atoms with Gasteiger partial charge in [-0.3, -0.25) is 9.79 Å². The molecule has 0 saturated carbocycles. The monoisotopic (exact) mass is 332 g/mol. The highest BCUT2D eigenvalue weighted by molar-refractivity contribution is 5.81. The van der Waals surface area contributed by atoms with Crippen LogP contribution in [0.15, 0.2) is 29.3 Å². The molecule has 24 heavy (non-hydrogen) atoms. The van der Waals surface area contributed by atoms with Crippen LogP contribution in [0.5, 0.6) is 5.75 Å². The molecule has 1 unspecified atom stereocenters. The number of carbonyl (C=O) groups is 1. The Bertz CT molecular complexity index is 550. The smallest absolute Gasteiger partial charge is 0.220 e. The van der Waals surface area contributed by atoms with Gasteiger partial charge in [-0.2, -0.15) is 0 Å². The van der Waals surface area contributed by atoms with Crippen LogP contribution >= 0.6 is 0 Å². The molecule has 1 amide bonds. The maximum Gasteiger partial charge on any atom is 0.220 e. The average molecular weight is 332 g/mol. The minimum Gasteiger partial charge on any atom is -0.493 e. The maximum atomic E-state index is 11.2. The molecule has 1 heterocycles. The van der Waals surface area contributed by atoms with Crippen molar-refractivity contribution in [2.24, 2.45) is 4.99 Å². The highest BCUT2D eigenvalue weighted by Gasteiger charge is 2.18. The fourth-order valence-corrected chi connectivity index (χ4v) is 2.53. The quantitative estimate of drug-likeness (QED) is 0.403. The van der Waals surface area contributed by atoms with Gasteiger partial charge in [-0.05, 0) is 31.9 Å². The van der Waals surface area contributed by atoms with Crippen molar-refractivity contribution in [1.82, 2.24) is 16.0 Å². The van der Waals surface area contributed by atoms with E-state index in [0.29, 0.717) is 26.1 Å². The first-order valence-corrected chi connectivity index (χ1v) is 8.69. The lowest BCUT2D eigenvalue weighted by atomic mass is 10.1. The van der Waals surface area contributed by atoms with Crippen LogP contribution in [0.25, 0.3) is 0 Å². The normalized spacial score (nSPS) is 18.0. The van der Waals surface area contributed by atoms with Gasteiger partial charge in [0.1, 0.15) is 5.75 Å². The lowest BCUT2D eigenvalue weighted by Gasteiger charge is -2.25. The van der Waals surface area contributed by atoms with E-state index in [1.54, 1.807) is 0 Å². The van der Waals surface area contributed by atoms with Crippen LogP contribution in [0.3, 0.4) is 0 Å².